The molecule has 0 aromatic heterocycles. The molecular formula is C10H15NO2. The zero-order valence-corrected chi connectivity index (χ0v) is 8.04. The Labute approximate surface area is 78.5 Å². The first-order valence-corrected chi connectivity index (χ1v) is 4.25. The maximum atomic E-state index is 5.40. The third kappa shape index (κ3) is 2.63. The van der Waals surface area contributed by atoms with Crippen LogP contribution in [-0.4, -0.2) is 20.3 Å². The van der Waals surface area contributed by atoms with Crippen LogP contribution in [-0.2, 0) is 0 Å². The molecule has 0 spiro atoms. The van der Waals surface area contributed by atoms with Crippen LogP contribution in [0.4, 0.5) is 0 Å². The zero-order chi connectivity index (χ0) is 9.68. The number of hydrogen-bond donors (Lipinski definition) is 1. The Bertz CT molecular complexity index is 274. The number of nitrogens with two attached hydrogens (primary N) is 1. The van der Waals surface area contributed by atoms with Crippen LogP contribution in [0.1, 0.15) is 5.56 Å². The van der Waals surface area contributed by atoms with Gasteiger partial charge in [0.1, 0.15) is 18.1 Å². The quantitative estimate of drug-likeness (QED) is 0.762. The molecule has 1 rings (SSSR count). The van der Waals surface area contributed by atoms with Crippen molar-refractivity contribution in [2.75, 3.05) is 20.3 Å². The molecule has 1 aromatic rings. The van der Waals surface area contributed by atoms with Crippen LogP contribution in [0, 0.1) is 6.92 Å². The summed E-state index contributed by atoms with van der Waals surface area (Å²) in [6.07, 6.45) is 0. The smallest absolute Gasteiger partial charge is 0.122 e. The lowest BCUT2D eigenvalue weighted by atomic mass is 10.2. The number of ether oxygens (including phenoxy) is 2. The molecule has 13 heavy (non-hydrogen) atoms. The van der Waals surface area contributed by atoms with Gasteiger partial charge < -0.3 is 15.2 Å². The minimum absolute atomic E-state index is 0.533. The highest BCUT2D eigenvalue weighted by Gasteiger charge is 2.00. The molecule has 0 unspecified atom stereocenters. The highest BCUT2D eigenvalue weighted by Crippen LogP contribution is 2.22. The second-order valence-electron chi connectivity index (χ2n) is 2.77. The van der Waals surface area contributed by atoms with E-state index in [2.05, 4.69) is 0 Å². The van der Waals surface area contributed by atoms with E-state index in [-0.39, 0.29) is 0 Å². The summed E-state index contributed by atoms with van der Waals surface area (Å²) in [5, 5.41) is 0. The minimum Gasteiger partial charge on any atom is -0.497 e. The molecule has 0 aliphatic rings. The number of hydrogen-bond acceptors (Lipinski definition) is 3. The Morgan fingerprint density at radius 3 is 2.69 bits per heavy atom. The molecule has 2 N–H and O–H groups in total. The Morgan fingerprint density at radius 1 is 1.38 bits per heavy atom. The fraction of sp³-hybridized carbons (Fsp3) is 0.400. The van der Waals surface area contributed by atoms with Gasteiger partial charge in [0, 0.05) is 6.54 Å². The molecule has 0 fully saturated rings. The van der Waals surface area contributed by atoms with Crippen molar-refractivity contribution in [3.8, 4) is 11.5 Å². The highest BCUT2D eigenvalue weighted by atomic mass is 16.5. The molecule has 0 aliphatic carbocycles. The van der Waals surface area contributed by atoms with Gasteiger partial charge in [0.2, 0.25) is 0 Å². The second kappa shape index (κ2) is 4.72. The topological polar surface area (TPSA) is 44.5 Å². The van der Waals surface area contributed by atoms with E-state index in [0.29, 0.717) is 13.2 Å². The molecule has 0 saturated carbocycles. The van der Waals surface area contributed by atoms with Crippen LogP contribution in [0.25, 0.3) is 0 Å². The summed E-state index contributed by atoms with van der Waals surface area (Å²) in [7, 11) is 1.65. The summed E-state index contributed by atoms with van der Waals surface area (Å²) in [6, 6.07) is 5.70. The Balaban J connectivity index is 2.73. The molecule has 0 atom stereocenters. The van der Waals surface area contributed by atoms with Gasteiger partial charge in [-0.15, -0.1) is 0 Å². The monoisotopic (exact) mass is 181 g/mol. The van der Waals surface area contributed by atoms with Crippen LogP contribution >= 0.6 is 0 Å². The van der Waals surface area contributed by atoms with Gasteiger partial charge in [-0.1, -0.05) is 0 Å². The summed E-state index contributed by atoms with van der Waals surface area (Å²) in [5.74, 6) is 1.71. The van der Waals surface area contributed by atoms with Crippen molar-refractivity contribution >= 4 is 0 Å². The van der Waals surface area contributed by atoms with E-state index >= 15 is 0 Å². The summed E-state index contributed by atoms with van der Waals surface area (Å²) >= 11 is 0. The van der Waals surface area contributed by atoms with Crippen LogP contribution in [0.2, 0.25) is 0 Å². The third-order valence-electron chi connectivity index (χ3n) is 1.76. The number of rotatable bonds is 4. The standard InChI is InChI=1S/C10H15NO2/c1-8-7-9(12-2)3-4-10(8)13-6-5-11/h3-4,7H,5-6,11H2,1-2H3. The van der Waals surface area contributed by atoms with Crippen molar-refractivity contribution in [1.29, 1.82) is 0 Å². The lowest BCUT2D eigenvalue weighted by Gasteiger charge is -2.08. The maximum absolute atomic E-state index is 5.40. The van der Waals surface area contributed by atoms with E-state index in [1.165, 1.54) is 0 Å². The summed E-state index contributed by atoms with van der Waals surface area (Å²) < 4.78 is 10.5. The molecule has 0 amide bonds. The van der Waals surface area contributed by atoms with Crippen LogP contribution in [0.5, 0.6) is 11.5 Å². The van der Waals surface area contributed by atoms with Gasteiger partial charge >= 0.3 is 0 Å². The molecule has 0 aliphatic heterocycles. The van der Waals surface area contributed by atoms with Crippen molar-refractivity contribution in [3.63, 3.8) is 0 Å². The second-order valence-corrected chi connectivity index (χ2v) is 2.77. The summed E-state index contributed by atoms with van der Waals surface area (Å²) in [6.45, 7) is 3.06. The molecule has 72 valence electrons. The summed E-state index contributed by atoms with van der Waals surface area (Å²) in [5.41, 5.74) is 6.40. The van der Waals surface area contributed by atoms with Gasteiger partial charge in [-0.25, -0.2) is 0 Å². The van der Waals surface area contributed by atoms with Gasteiger partial charge in [-0.3, -0.25) is 0 Å². The molecule has 3 nitrogen and oxygen atoms in total. The molecule has 1 aromatic carbocycles. The largest absolute Gasteiger partial charge is 0.497 e. The van der Waals surface area contributed by atoms with E-state index in [4.69, 9.17) is 15.2 Å². The van der Waals surface area contributed by atoms with Gasteiger partial charge in [0.15, 0.2) is 0 Å². The van der Waals surface area contributed by atoms with E-state index < -0.39 is 0 Å². The first kappa shape index (κ1) is 9.86. The van der Waals surface area contributed by atoms with E-state index in [0.717, 1.165) is 17.1 Å². The maximum Gasteiger partial charge on any atom is 0.122 e. The Kier molecular flexibility index (Phi) is 3.58. The van der Waals surface area contributed by atoms with E-state index in [1.807, 2.05) is 25.1 Å². The Morgan fingerprint density at radius 2 is 2.15 bits per heavy atom. The third-order valence-corrected chi connectivity index (χ3v) is 1.76. The SMILES string of the molecule is COc1ccc(OCCN)c(C)c1. The van der Waals surface area contributed by atoms with Gasteiger partial charge in [-0.2, -0.15) is 0 Å². The zero-order valence-electron chi connectivity index (χ0n) is 8.04. The normalized spacial score (nSPS) is 9.77. The first-order valence-electron chi connectivity index (χ1n) is 4.25. The summed E-state index contributed by atoms with van der Waals surface area (Å²) in [4.78, 5) is 0. The fourth-order valence-electron chi connectivity index (χ4n) is 1.08. The van der Waals surface area contributed by atoms with Gasteiger partial charge in [-0.05, 0) is 30.7 Å². The lowest BCUT2D eigenvalue weighted by molar-refractivity contribution is 0.325. The molecular weight excluding hydrogens is 166 g/mol. The number of aryl methyl sites for hydroxylation is 1. The average Bonchev–Trinajstić information content (AvgIpc) is 2.16. The van der Waals surface area contributed by atoms with E-state index in [9.17, 15) is 0 Å². The predicted octanol–water partition coefficient (Wildman–Crippen LogP) is 1.34. The molecule has 3 heteroatoms. The highest BCUT2D eigenvalue weighted by molar-refractivity contribution is 5.39. The Hall–Kier alpha value is -1.22. The molecule has 0 radical (unpaired) electrons. The van der Waals surface area contributed by atoms with Crippen molar-refractivity contribution in [3.05, 3.63) is 23.8 Å². The van der Waals surface area contributed by atoms with Crippen molar-refractivity contribution < 1.29 is 9.47 Å². The van der Waals surface area contributed by atoms with Gasteiger partial charge in [0.25, 0.3) is 0 Å². The predicted molar refractivity (Wildman–Crippen MR) is 52.3 cm³/mol. The first-order chi connectivity index (χ1) is 6.27. The number of benzene rings is 1. The van der Waals surface area contributed by atoms with Crippen molar-refractivity contribution in [2.45, 2.75) is 6.92 Å². The van der Waals surface area contributed by atoms with Crippen LogP contribution < -0.4 is 15.2 Å². The van der Waals surface area contributed by atoms with Crippen molar-refractivity contribution in [2.24, 2.45) is 5.73 Å². The van der Waals surface area contributed by atoms with E-state index in [1.54, 1.807) is 7.11 Å². The fourth-order valence-corrected chi connectivity index (χ4v) is 1.08. The van der Waals surface area contributed by atoms with Gasteiger partial charge in [0.05, 0.1) is 7.11 Å². The van der Waals surface area contributed by atoms with Crippen LogP contribution in [0.15, 0.2) is 18.2 Å². The molecule has 0 bridgehead atoms. The minimum atomic E-state index is 0.533. The lowest BCUT2D eigenvalue weighted by Crippen LogP contribution is -2.11. The molecule has 0 heterocycles. The number of methoxy groups -OCH3 is 1. The molecule has 0 saturated heterocycles. The van der Waals surface area contributed by atoms with Crippen molar-refractivity contribution in [1.82, 2.24) is 0 Å². The average molecular weight is 181 g/mol. The van der Waals surface area contributed by atoms with Crippen LogP contribution in [0.3, 0.4) is 0 Å².